The molecular weight excluding hydrogens is 466 g/mol. The lowest BCUT2D eigenvalue weighted by Crippen LogP contribution is -2.44. The Morgan fingerprint density at radius 3 is 2.39 bits per heavy atom. The van der Waals surface area contributed by atoms with Gasteiger partial charge in [-0.25, -0.2) is 0 Å². The second-order valence-electron chi connectivity index (χ2n) is 7.19. The lowest BCUT2D eigenvalue weighted by molar-refractivity contribution is -0.130. The summed E-state index contributed by atoms with van der Waals surface area (Å²) < 4.78 is 6.11. The number of carbonyl (C=O) groups excluding carboxylic acids is 4. The van der Waals surface area contributed by atoms with Crippen LogP contribution in [0.1, 0.15) is 44.7 Å². The molecule has 3 rings (SSSR count). The minimum Gasteiger partial charge on any atom is -0.484 e. The number of halogens is 1. The van der Waals surface area contributed by atoms with Gasteiger partial charge in [0.15, 0.2) is 6.61 Å². The van der Waals surface area contributed by atoms with Crippen LogP contribution >= 0.6 is 15.9 Å². The number of hydrazine groups is 1. The smallest absolute Gasteiger partial charge is 0.276 e. The van der Waals surface area contributed by atoms with E-state index in [1.165, 1.54) is 0 Å². The summed E-state index contributed by atoms with van der Waals surface area (Å²) in [7, 11) is 0. The quantitative estimate of drug-likeness (QED) is 0.461. The molecule has 2 aromatic rings. The van der Waals surface area contributed by atoms with E-state index in [0.29, 0.717) is 21.3 Å². The van der Waals surface area contributed by atoms with E-state index >= 15 is 0 Å². The van der Waals surface area contributed by atoms with Gasteiger partial charge in [0.25, 0.3) is 17.7 Å². The van der Waals surface area contributed by atoms with Crippen LogP contribution in [-0.2, 0) is 9.59 Å². The number of hydrogen-bond acceptors (Lipinski definition) is 5. The van der Waals surface area contributed by atoms with Crippen molar-refractivity contribution in [3.63, 3.8) is 0 Å². The molecule has 2 aromatic carbocycles. The van der Waals surface area contributed by atoms with Gasteiger partial charge in [0.05, 0.1) is 11.1 Å². The number of amides is 4. The first-order valence-corrected chi connectivity index (χ1v) is 10.5. The van der Waals surface area contributed by atoms with E-state index in [1.54, 1.807) is 24.3 Å². The SMILES string of the molecule is Cc1ccc(OCC(=O)NNC(=O)CCCN2C(=O)c3ccc(Br)cc3C2=O)cc1C. The molecule has 31 heavy (non-hydrogen) atoms. The standard InChI is InChI=1S/C22H22BrN3O5/c1-13-5-7-16(10-14(13)2)31-12-20(28)25-24-19(27)4-3-9-26-21(29)17-8-6-15(23)11-18(17)22(26)30/h5-8,10-11H,3-4,9,12H2,1-2H3,(H,24,27)(H,25,28). The number of rotatable bonds is 7. The first kappa shape index (κ1) is 22.5. The maximum atomic E-state index is 12.4. The van der Waals surface area contributed by atoms with Crippen molar-refractivity contribution in [2.75, 3.05) is 13.2 Å². The second-order valence-corrected chi connectivity index (χ2v) is 8.10. The highest BCUT2D eigenvalue weighted by Crippen LogP contribution is 2.26. The summed E-state index contributed by atoms with van der Waals surface area (Å²) in [6, 6.07) is 10.4. The number of imide groups is 1. The molecule has 0 radical (unpaired) electrons. The van der Waals surface area contributed by atoms with Crippen molar-refractivity contribution in [3.05, 3.63) is 63.1 Å². The van der Waals surface area contributed by atoms with Crippen molar-refractivity contribution >= 4 is 39.6 Å². The van der Waals surface area contributed by atoms with Crippen LogP contribution in [0.4, 0.5) is 0 Å². The minimum absolute atomic E-state index is 0.0371. The summed E-state index contributed by atoms with van der Waals surface area (Å²) in [6.45, 7) is 3.80. The molecule has 1 aliphatic rings. The maximum absolute atomic E-state index is 12.4. The molecule has 0 saturated heterocycles. The molecule has 1 aliphatic heterocycles. The Balaban J connectivity index is 1.38. The fraction of sp³-hybridized carbons (Fsp3) is 0.273. The summed E-state index contributed by atoms with van der Waals surface area (Å²) in [5, 5.41) is 0. The Morgan fingerprint density at radius 2 is 1.65 bits per heavy atom. The Hall–Kier alpha value is -3.20. The van der Waals surface area contributed by atoms with Crippen LogP contribution in [0.15, 0.2) is 40.9 Å². The lowest BCUT2D eigenvalue weighted by atomic mass is 10.1. The highest BCUT2D eigenvalue weighted by Gasteiger charge is 2.35. The van der Waals surface area contributed by atoms with Gasteiger partial charge in [-0.2, -0.15) is 0 Å². The maximum Gasteiger partial charge on any atom is 0.276 e. The number of fused-ring (bicyclic) bond motifs is 1. The van der Waals surface area contributed by atoms with Gasteiger partial charge in [-0.3, -0.25) is 34.9 Å². The second kappa shape index (κ2) is 9.74. The van der Waals surface area contributed by atoms with E-state index in [-0.39, 0.29) is 37.8 Å². The van der Waals surface area contributed by atoms with E-state index in [9.17, 15) is 19.2 Å². The molecule has 0 saturated carbocycles. The highest BCUT2D eigenvalue weighted by atomic mass is 79.9. The molecule has 2 N–H and O–H groups in total. The first-order valence-electron chi connectivity index (χ1n) is 9.69. The Bertz CT molecular complexity index is 1050. The molecule has 1 heterocycles. The first-order chi connectivity index (χ1) is 14.8. The molecule has 8 nitrogen and oxygen atoms in total. The zero-order valence-corrected chi connectivity index (χ0v) is 18.7. The largest absolute Gasteiger partial charge is 0.484 e. The van der Waals surface area contributed by atoms with Crippen molar-refractivity contribution < 1.29 is 23.9 Å². The van der Waals surface area contributed by atoms with Gasteiger partial charge in [-0.1, -0.05) is 22.0 Å². The molecule has 0 atom stereocenters. The van der Waals surface area contributed by atoms with Crippen LogP contribution in [-0.4, -0.2) is 41.7 Å². The molecular formula is C22H22BrN3O5. The molecule has 162 valence electrons. The average Bonchev–Trinajstić information content (AvgIpc) is 2.97. The molecule has 0 spiro atoms. The minimum atomic E-state index is -0.502. The Morgan fingerprint density at radius 1 is 0.935 bits per heavy atom. The Kier molecular flexibility index (Phi) is 7.06. The van der Waals surface area contributed by atoms with Crippen molar-refractivity contribution in [1.29, 1.82) is 0 Å². The lowest BCUT2D eigenvalue weighted by Gasteiger charge is -2.13. The van der Waals surface area contributed by atoms with E-state index in [2.05, 4.69) is 26.8 Å². The summed E-state index contributed by atoms with van der Waals surface area (Å²) in [5.74, 6) is -1.11. The Labute approximate surface area is 188 Å². The van der Waals surface area contributed by atoms with Gasteiger partial charge in [-0.15, -0.1) is 0 Å². The third-order valence-electron chi connectivity index (χ3n) is 4.91. The van der Waals surface area contributed by atoms with Gasteiger partial charge >= 0.3 is 0 Å². The van der Waals surface area contributed by atoms with E-state index in [0.717, 1.165) is 16.0 Å². The fourth-order valence-corrected chi connectivity index (χ4v) is 3.42. The predicted molar refractivity (Wildman–Crippen MR) is 116 cm³/mol. The summed E-state index contributed by atoms with van der Waals surface area (Å²) in [5.41, 5.74) is 7.46. The fourth-order valence-electron chi connectivity index (χ4n) is 3.05. The number of ether oxygens (including phenoxy) is 1. The number of benzene rings is 2. The van der Waals surface area contributed by atoms with Gasteiger partial charge in [0.1, 0.15) is 5.75 Å². The number of nitrogens with one attached hydrogen (secondary N) is 2. The van der Waals surface area contributed by atoms with Gasteiger partial charge in [-0.05, 0) is 61.7 Å². The molecule has 0 aromatic heterocycles. The van der Waals surface area contributed by atoms with Crippen LogP contribution in [0, 0.1) is 13.8 Å². The van der Waals surface area contributed by atoms with Crippen LogP contribution in [0.5, 0.6) is 5.75 Å². The van der Waals surface area contributed by atoms with Crippen LogP contribution in [0.25, 0.3) is 0 Å². The van der Waals surface area contributed by atoms with Gasteiger partial charge in [0.2, 0.25) is 5.91 Å². The number of hydrogen-bond donors (Lipinski definition) is 2. The summed E-state index contributed by atoms with van der Waals surface area (Å²) in [4.78, 5) is 49.7. The van der Waals surface area contributed by atoms with Crippen molar-refractivity contribution in [1.82, 2.24) is 15.8 Å². The number of aryl methyl sites for hydroxylation is 2. The van der Waals surface area contributed by atoms with Crippen molar-refractivity contribution in [2.45, 2.75) is 26.7 Å². The molecule has 4 amide bonds. The average molecular weight is 488 g/mol. The van der Waals surface area contributed by atoms with E-state index in [1.807, 2.05) is 26.0 Å². The number of carbonyl (C=O) groups is 4. The third kappa shape index (κ3) is 5.49. The van der Waals surface area contributed by atoms with Crippen LogP contribution in [0.3, 0.4) is 0 Å². The van der Waals surface area contributed by atoms with Crippen molar-refractivity contribution in [2.24, 2.45) is 0 Å². The topological polar surface area (TPSA) is 105 Å². The van der Waals surface area contributed by atoms with Crippen LogP contribution in [0.2, 0.25) is 0 Å². The zero-order valence-electron chi connectivity index (χ0n) is 17.2. The van der Waals surface area contributed by atoms with E-state index in [4.69, 9.17) is 4.74 Å². The molecule has 9 heteroatoms. The monoisotopic (exact) mass is 487 g/mol. The predicted octanol–water partition coefficient (Wildman–Crippen LogP) is 2.67. The molecule has 0 fully saturated rings. The molecule has 0 bridgehead atoms. The zero-order chi connectivity index (χ0) is 22.5. The van der Waals surface area contributed by atoms with Gasteiger partial charge in [0, 0.05) is 17.4 Å². The normalized spacial score (nSPS) is 12.5. The highest BCUT2D eigenvalue weighted by molar-refractivity contribution is 9.10. The number of nitrogens with zero attached hydrogens (tertiary/aromatic N) is 1. The summed E-state index contributed by atoms with van der Waals surface area (Å²) in [6.07, 6.45) is 0.308. The van der Waals surface area contributed by atoms with Crippen LogP contribution < -0.4 is 15.6 Å². The summed E-state index contributed by atoms with van der Waals surface area (Å²) >= 11 is 3.28. The van der Waals surface area contributed by atoms with E-state index < -0.39 is 11.8 Å². The van der Waals surface area contributed by atoms with Gasteiger partial charge < -0.3 is 4.74 Å². The third-order valence-corrected chi connectivity index (χ3v) is 5.40. The molecule has 0 unspecified atom stereocenters. The van der Waals surface area contributed by atoms with Crippen molar-refractivity contribution in [3.8, 4) is 5.75 Å². The molecule has 0 aliphatic carbocycles.